The smallest absolute Gasteiger partial charge is 0.274 e. The van der Waals surface area contributed by atoms with Gasteiger partial charge in [-0.05, 0) is 13.3 Å². The van der Waals surface area contributed by atoms with E-state index in [1.54, 1.807) is 6.20 Å². The number of nitrogens with zero attached hydrogens (tertiary/aromatic N) is 3. The van der Waals surface area contributed by atoms with Crippen molar-refractivity contribution in [3.8, 4) is 0 Å². The molecule has 0 saturated carbocycles. The van der Waals surface area contributed by atoms with Crippen LogP contribution in [-0.4, -0.2) is 53.1 Å². The lowest BCUT2D eigenvalue weighted by Gasteiger charge is -2.34. The Hall–Kier alpha value is -1.69. The van der Waals surface area contributed by atoms with Gasteiger partial charge in [-0.25, -0.2) is 4.98 Å². The number of anilines is 1. The molecule has 6 nitrogen and oxygen atoms in total. The minimum atomic E-state index is -0.0672. The molecule has 1 N–H and O–H groups in total. The van der Waals surface area contributed by atoms with Crippen LogP contribution >= 0.6 is 0 Å². The van der Waals surface area contributed by atoms with Crippen LogP contribution in [0, 0.1) is 0 Å². The number of nitrogens with one attached hydrogen (secondary N) is 1. The number of carbonyl (C=O) groups is 1. The molecule has 19 heavy (non-hydrogen) atoms. The lowest BCUT2D eigenvalue weighted by molar-refractivity contribution is -0.00312. The SMILES string of the molecule is CCNc1cncc(C(=O)N2CCOCC2CC)n1. The molecule has 2 heterocycles. The molecule has 0 aliphatic carbocycles. The molecule has 0 bridgehead atoms. The second kappa shape index (κ2) is 6.47. The fourth-order valence-electron chi connectivity index (χ4n) is 2.14. The van der Waals surface area contributed by atoms with Gasteiger partial charge in [0, 0.05) is 13.1 Å². The van der Waals surface area contributed by atoms with Crippen molar-refractivity contribution in [3.63, 3.8) is 0 Å². The van der Waals surface area contributed by atoms with E-state index in [-0.39, 0.29) is 11.9 Å². The summed E-state index contributed by atoms with van der Waals surface area (Å²) in [5.74, 6) is 0.567. The zero-order chi connectivity index (χ0) is 13.7. The molecule has 1 aliphatic heterocycles. The van der Waals surface area contributed by atoms with E-state index in [4.69, 9.17) is 4.74 Å². The molecule has 0 spiro atoms. The fourth-order valence-corrected chi connectivity index (χ4v) is 2.14. The van der Waals surface area contributed by atoms with Gasteiger partial charge in [-0.3, -0.25) is 9.78 Å². The number of aromatic nitrogens is 2. The van der Waals surface area contributed by atoms with E-state index < -0.39 is 0 Å². The number of morpholine rings is 1. The van der Waals surface area contributed by atoms with Gasteiger partial charge in [-0.2, -0.15) is 0 Å². The summed E-state index contributed by atoms with van der Waals surface area (Å²) in [5, 5.41) is 3.06. The highest BCUT2D eigenvalue weighted by molar-refractivity contribution is 5.92. The molecule has 1 aromatic rings. The van der Waals surface area contributed by atoms with Crippen molar-refractivity contribution in [2.45, 2.75) is 26.3 Å². The number of hydrogen-bond acceptors (Lipinski definition) is 5. The highest BCUT2D eigenvalue weighted by atomic mass is 16.5. The van der Waals surface area contributed by atoms with E-state index in [9.17, 15) is 4.79 Å². The van der Waals surface area contributed by atoms with Crippen LogP contribution in [0.4, 0.5) is 5.82 Å². The van der Waals surface area contributed by atoms with Crippen molar-refractivity contribution in [1.82, 2.24) is 14.9 Å². The molecule has 0 aromatic carbocycles. The highest BCUT2D eigenvalue weighted by Gasteiger charge is 2.27. The average molecular weight is 264 g/mol. The van der Waals surface area contributed by atoms with E-state index in [0.29, 0.717) is 31.3 Å². The van der Waals surface area contributed by atoms with Crippen LogP contribution in [0.5, 0.6) is 0 Å². The quantitative estimate of drug-likeness (QED) is 0.884. The van der Waals surface area contributed by atoms with Gasteiger partial charge in [0.15, 0.2) is 0 Å². The number of rotatable bonds is 4. The van der Waals surface area contributed by atoms with E-state index in [2.05, 4.69) is 22.2 Å². The largest absolute Gasteiger partial charge is 0.377 e. The summed E-state index contributed by atoms with van der Waals surface area (Å²) < 4.78 is 5.41. The second-order valence-corrected chi connectivity index (χ2v) is 4.46. The summed E-state index contributed by atoms with van der Waals surface area (Å²) in [5.41, 5.74) is 0.388. The lowest BCUT2D eigenvalue weighted by Crippen LogP contribution is -2.48. The molecule has 1 saturated heterocycles. The lowest BCUT2D eigenvalue weighted by atomic mass is 10.1. The van der Waals surface area contributed by atoms with Crippen molar-refractivity contribution in [1.29, 1.82) is 0 Å². The monoisotopic (exact) mass is 264 g/mol. The van der Waals surface area contributed by atoms with Gasteiger partial charge in [0.25, 0.3) is 5.91 Å². The van der Waals surface area contributed by atoms with E-state index in [1.807, 2.05) is 11.8 Å². The molecule has 6 heteroatoms. The summed E-state index contributed by atoms with van der Waals surface area (Å²) in [6.07, 6.45) is 4.02. The summed E-state index contributed by atoms with van der Waals surface area (Å²) >= 11 is 0. The van der Waals surface area contributed by atoms with Gasteiger partial charge in [0.05, 0.1) is 31.6 Å². The van der Waals surface area contributed by atoms with Crippen LogP contribution in [-0.2, 0) is 4.74 Å². The normalized spacial score (nSPS) is 19.3. The van der Waals surface area contributed by atoms with Crippen molar-refractivity contribution in [3.05, 3.63) is 18.1 Å². The van der Waals surface area contributed by atoms with Crippen LogP contribution in [0.15, 0.2) is 12.4 Å². The Labute approximate surface area is 113 Å². The predicted molar refractivity (Wildman–Crippen MR) is 72.1 cm³/mol. The highest BCUT2D eigenvalue weighted by Crippen LogP contribution is 2.14. The second-order valence-electron chi connectivity index (χ2n) is 4.46. The standard InChI is InChI=1S/C13H20N4O2/c1-3-10-9-19-6-5-17(10)13(18)11-7-14-8-12(16-11)15-4-2/h7-8,10H,3-6,9H2,1-2H3,(H,15,16). The number of ether oxygens (including phenoxy) is 1. The van der Waals surface area contributed by atoms with E-state index in [1.165, 1.54) is 6.20 Å². The topological polar surface area (TPSA) is 67.4 Å². The van der Waals surface area contributed by atoms with Crippen molar-refractivity contribution in [2.75, 3.05) is 31.6 Å². The Morgan fingerprint density at radius 1 is 1.53 bits per heavy atom. The maximum absolute atomic E-state index is 12.5. The first kappa shape index (κ1) is 13.7. The molecule has 1 unspecified atom stereocenters. The summed E-state index contributed by atoms with van der Waals surface area (Å²) in [6.45, 7) is 6.59. The van der Waals surface area contributed by atoms with Gasteiger partial charge >= 0.3 is 0 Å². The molecule has 1 fully saturated rings. The zero-order valence-corrected chi connectivity index (χ0v) is 11.4. The molecular weight excluding hydrogens is 244 g/mol. The zero-order valence-electron chi connectivity index (χ0n) is 11.4. The Morgan fingerprint density at radius 2 is 2.37 bits per heavy atom. The predicted octanol–water partition coefficient (Wildman–Crippen LogP) is 1.16. The third kappa shape index (κ3) is 3.20. The molecule has 1 aromatic heterocycles. The van der Waals surface area contributed by atoms with E-state index >= 15 is 0 Å². The van der Waals surface area contributed by atoms with Gasteiger partial charge in [0.1, 0.15) is 11.5 Å². The van der Waals surface area contributed by atoms with E-state index in [0.717, 1.165) is 13.0 Å². The van der Waals surface area contributed by atoms with Gasteiger partial charge in [0.2, 0.25) is 0 Å². The summed E-state index contributed by atoms with van der Waals surface area (Å²) in [7, 11) is 0. The van der Waals surface area contributed by atoms with Crippen LogP contribution in [0.2, 0.25) is 0 Å². The van der Waals surface area contributed by atoms with Crippen LogP contribution in [0.3, 0.4) is 0 Å². The maximum Gasteiger partial charge on any atom is 0.274 e. The van der Waals surface area contributed by atoms with Crippen LogP contribution in [0.25, 0.3) is 0 Å². The number of carbonyl (C=O) groups excluding carboxylic acids is 1. The number of amides is 1. The Balaban J connectivity index is 2.15. The first-order valence-corrected chi connectivity index (χ1v) is 6.70. The molecule has 1 atom stereocenters. The first-order chi connectivity index (χ1) is 9.26. The van der Waals surface area contributed by atoms with Gasteiger partial charge in [-0.15, -0.1) is 0 Å². The third-order valence-corrected chi connectivity index (χ3v) is 3.17. The van der Waals surface area contributed by atoms with Crippen molar-refractivity contribution in [2.24, 2.45) is 0 Å². The minimum Gasteiger partial charge on any atom is -0.377 e. The average Bonchev–Trinajstić information content (AvgIpc) is 2.47. The van der Waals surface area contributed by atoms with Crippen LogP contribution in [0.1, 0.15) is 30.8 Å². The van der Waals surface area contributed by atoms with Crippen molar-refractivity contribution >= 4 is 11.7 Å². The fraction of sp³-hybridized carbons (Fsp3) is 0.615. The molecule has 1 aliphatic rings. The maximum atomic E-state index is 12.5. The molecule has 1 amide bonds. The van der Waals surface area contributed by atoms with Crippen LogP contribution < -0.4 is 5.32 Å². The molecule has 0 radical (unpaired) electrons. The Kier molecular flexibility index (Phi) is 4.68. The molecule has 104 valence electrons. The Morgan fingerprint density at radius 3 is 3.11 bits per heavy atom. The Bertz CT molecular complexity index is 438. The van der Waals surface area contributed by atoms with Crippen molar-refractivity contribution < 1.29 is 9.53 Å². The van der Waals surface area contributed by atoms with Gasteiger partial charge < -0.3 is 15.0 Å². The minimum absolute atomic E-state index is 0.0672. The number of hydrogen-bond donors (Lipinski definition) is 1. The van der Waals surface area contributed by atoms with Gasteiger partial charge in [-0.1, -0.05) is 6.92 Å². The molecule has 2 rings (SSSR count). The first-order valence-electron chi connectivity index (χ1n) is 6.70. The summed E-state index contributed by atoms with van der Waals surface area (Å²) in [4.78, 5) is 22.7. The summed E-state index contributed by atoms with van der Waals surface area (Å²) in [6, 6.07) is 0.130. The molecular formula is C13H20N4O2. The third-order valence-electron chi connectivity index (χ3n) is 3.17.